The zero-order valence-electron chi connectivity index (χ0n) is 15.3. The highest BCUT2D eigenvalue weighted by molar-refractivity contribution is 7.16. The van der Waals surface area contributed by atoms with E-state index in [4.69, 9.17) is 9.72 Å². The standard InChI is InChI=1S/C17H20FN7OS/c1-17(2,26-3)9-25-5-4-12-13(11-8-21-24-14(11)25)22-16(27-12)23-15-19-6-10(18)7-20-15/h6-8H,4-5,9H2,1-3H3,(H,21,24)(H,19,20,22,23). The quantitative estimate of drug-likeness (QED) is 0.693. The smallest absolute Gasteiger partial charge is 0.229 e. The van der Waals surface area contributed by atoms with E-state index in [-0.39, 0.29) is 5.60 Å². The van der Waals surface area contributed by atoms with Gasteiger partial charge in [-0.2, -0.15) is 5.10 Å². The predicted molar refractivity (Wildman–Crippen MR) is 102 cm³/mol. The molecule has 0 bridgehead atoms. The minimum absolute atomic E-state index is 0.284. The Morgan fingerprint density at radius 1 is 1.37 bits per heavy atom. The number of ether oxygens (including phenoxy) is 1. The maximum atomic E-state index is 13.0. The van der Waals surface area contributed by atoms with E-state index in [0.717, 1.165) is 53.9 Å². The number of rotatable bonds is 5. The molecule has 3 aromatic rings. The fourth-order valence-corrected chi connectivity index (χ4v) is 3.93. The van der Waals surface area contributed by atoms with Crippen LogP contribution >= 0.6 is 11.3 Å². The molecule has 4 heterocycles. The number of nitrogens with one attached hydrogen (secondary N) is 2. The molecule has 0 spiro atoms. The Bertz CT molecular complexity index is 937. The molecule has 1 aliphatic rings. The van der Waals surface area contributed by atoms with Gasteiger partial charge in [-0.3, -0.25) is 5.10 Å². The number of methoxy groups -OCH3 is 1. The molecule has 3 aromatic heterocycles. The van der Waals surface area contributed by atoms with Crippen LogP contribution in [0.25, 0.3) is 11.3 Å². The third-order valence-electron chi connectivity index (χ3n) is 4.44. The SMILES string of the molecule is COC(C)(C)CN1CCc2sc(Nc3ncc(F)cn3)nc2-c2c[nH]nc21. The molecule has 8 nitrogen and oxygen atoms in total. The second-order valence-corrected chi connectivity index (χ2v) is 7.98. The van der Waals surface area contributed by atoms with Crippen molar-refractivity contribution in [2.24, 2.45) is 0 Å². The first-order valence-corrected chi connectivity index (χ1v) is 9.35. The first-order chi connectivity index (χ1) is 12.9. The van der Waals surface area contributed by atoms with Crippen LogP contribution in [0, 0.1) is 5.82 Å². The fraction of sp³-hybridized carbons (Fsp3) is 0.412. The topological polar surface area (TPSA) is 91.9 Å². The van der Waals surface area contributed by atoms with Gasteiger partial charge in [0.2, 0.25) is 5.95 Å². The van der Waals surface area contributed by atoms with Crippen LogP contribution in [-0.2, 0) is 11.2 Å². The van der Waals surface area contributed by atoms with Crippen molar-refractivity contribution in [3.05, 3.63) is 29.3 Å². The second-order valence-electron chi connectivity index (χ2n) is 6.90. The van der Waals surface area contributed by atoms with Gasteiger partial charge in [0.25, 0.3) is 0 Å². The Balaban J connectivity index is 1.62. The Morgan fingerprint density at radius 2 is 2.15 bits per heavy atom. The lowest BCUT2D eigenvalue weighted by Gasteiger charge is -2.31. The highest BCUT2D eigenvalue weighted by Gasteiger charge is 2.29. The van der Waals surface area contributed by atoms with Crippen molar-refractivity contribution in [3.8, 4) is 11.3 Å². The number of aromatic amines is 1. The van der Waals surface area contributed by atoms with Gasteiger partial charge in [-0.25, -0.2) is 19.3 Å². The summed E-state index contributed by atoms with van der Waals surface area (Å²) < 4.78 is 18.6. The highest BCUT2D eigenvalue weighted by atomic mass is 32.1. The molecule has 0 aliphatic carbocycles. The highest BCUT2D eigenvalue weighted by Crippen LogP contribution is 2.39. The minimum atomic E-state index is -0.474. The number of aromatic nitrogens is 5. The molecule has 0 unspecified atom stereocenters. The van der Waals surface area contributed by atoms with Crippen LogP contribution in [0.15, 0.2) is 18.6 Å². The van der Waals surface area contributed by atoms with Crippen molar-refractivity contribution in [1.29, 1.82) is 0 Å². The number of hydrogen-bond acceptors (Lipinski definition) is 8. The van der Waals surface area contributed by atoms with E-state index in [1.54, 1.807) is 18.4 Å². The predicted octanol–water partition coefficient (Wildman–Crippen LogP) is 2.99. The number of H-pyrrole nitrogens is 1. The molecule has 0 atom stereocenters. The number of halogens is 1. The van der Waals surface area contributed by atoms with Crippen LogP contribution in [0.5, 0.6) is 0 Å². The normalized spacial score (nSPS) is 13.9. The molecular formula is C17H20FN7OS. The summed E-state index contributed by atoms with van der Waals surface area (Å²) >= 11 is 1.54. The zero-order valence-corrected chi connectivity index (χ0v) is 16.1. The fourth-order valence-electron chi connectivity index (χ4n) is 2.98. The van der Waals surface area contributed by atoms with Gasteiger partial charge < -0.3 is 15.0 Å². The summed E-state index contributed by atoms with van der Waals surface area (Å²) in [6.07, 6.45) is 4.95. The molecule has 0 saturated heterocycles. The van der Waals surface area contributed by atoms with Crippen molar-refractivity contribution in [1.82, 2.24) is 25.1 Å². The Hall–Kier alpha value is -2.59. The maximum absolute atomic E-state index is 13.0. The van der Waals surface area contributed by atoms with Crippen LogP contribution in [0.3, 0.4) is 0 Å². The van der Waals surface area contributed by atoms with Gasteiger partial charge in [-0.15, -0.1) is 11.3 Å². The van der Waals surface area contributed by atoms with Crippen molar-refractivity contribution in [2.75, 3.05) is 30.4 Å². The van der Waals surface area contributed by atoms with E-state index in [0.29, 0.717) is 11.1 Å². The maximum Gasteiger partial charge on any atom is 0.229 e. The second kappa shape index (κ2) is 6.86. The van der Waals surface area contributed by atoms with E-state index in [2.05, 4.69) is 44.2 Å². The molecule has 0 aromatic carbocycles. The van der Waals surface area contributed by atoms with Crippen LogP contribution in [0.2, 0.25) is 0 Å². The molecule has 4 rings (SSSR count). The lowest BCUT2D eigenvalue weighted by Crippen LogP contribution is -2.41. The summed E-state index contributed by atoms with van der Waals surface area (Å²) in [4.78, 5) is 15.9. The van der Waals surface area contributed by atoms with E-state index in [9.17, 15) is 4.39 Å². The zero-order chi connectivity index (χ0) is 19.0. The monoisotopic (exact) mass is 389 g/mol. The summed E-state index contributed by atoms with van der Waals surface area (Å²) in [5.74, 6) is 0.711. The Labute approximate surface area is 159 Å². The molecule has 142 valence electrons. The Kier molecular flexibility index (Phi) is 4.52. The summed E-state index contributed by atoms with van der Waals surface area (Å²) in [5.41, 5.74) is 1.57. The van der Waals surface area contributed by atoms with Gasteiger partial charge in [0.1, 0.15) is 0 Å². The van der Waals surface area contributed by atoms with Crippen molar-refractivity contribution in [2.45, 2.75) is 25.9 Å². The lowest BCUT2D eigenvalue weighted by atomic mass is 10.1. The largest absolute Gasteiger partial charge is 0.377 e. The third-order valence-corrected chi connectivity index (χ3v) is 5.47. The average Bonchev–Trinajstić information content (AvgIpc) is 3.25. The van der Waals surface area contributed by atoms with Crippen molar-refractivity contribution >= 4 is 28.2 Å². The Morgan fingerprint density at radius 3 is 2.89 bits per heavy atom. The summed E-state index contributed by atoms with van der Waals surface area (Å²) in [5, 5.41) is 11.1. The molecular weight excluding hydrogens is 369 g/mol. The first-order valence-electron chi connectivity index (χ1n) is 8.54. The van der Waals surface area contributed by atoms with E-state index in [1.165, 1.54) is 0 Å². The molecule has 10 heteroatoms. The van der Waals surface area contributed by atoms with Crippen molar-refractivity contribution < 1.29 is 9.13 Å². The van der Waals surface area contributed by atoms with Gasteiger partial charge >= 0.3 is 0 Å². The summed E-state index contributed by atoms with van der Waals surface area (Å²) in [7, 11) is 1.72. The van der Waals surface area contributed by atoms with Gasteiger partial charge in [0, 0.05) is 37.7 Å². The molecule has 0 radical (unpaired) electrons. The molecule has 0 amide bonds. The minimum Gasteiger partial charge on any atom is -0.377 e. The number of anilines is 3. The molecule has 1 aliphatic heterocycles. The van der Waals surface area contributed by atoms with Crippen molar-refractivity contribution in [3.63, 3.8) is 0 Å². The van der Waals surface area contributed by atoms with Gasteiger partial charge in [0.05, 0.1) is 29.3 Å². The van der Waals surface area contributed by atoms with Gasteiger partial charge in [-0.1, -0.05) is 0 Å². The van der Waals surface area contributed by atoms with Crippen LogP contribution in [-0.4, -0.2) is 50.9 Å². The number of nitrogens with zero attached hydrogens (tertiary/aromatic N) is 5. The summed E-state index contributed by atoms with van der Waals surface area (Å²) in [6.45, 7) is 5.66. The lowest BCUT2D eigenvalue weighted by molar-refractivity contribution is 0.0289. The first kappa shape index (κ1) is 17.8. The number of hydrogen-bond donors (Lipinski definition) is 2. The van der Waals surface area contributed by atoms with Crippen LogP contribution in [0.4, 0.5) is 21.3 Å². The molecule has 2 N–H and O–H groups in total. The molecule has 27 heavy (non-hydrogen) atoms. The average molecular weight is 389 g/mol. The summed E-state index contributed by atoms with van der Waals surface area (Å²) in [6, 6.07) is 0. The number of thiazole rings is 1. The molecule has 0 fully saturated rings. The van der Waals surface area contributed by atoms with E-state index >= 15 is 0 Å². The van der Waals surface area contributed by atoms with Gasteiger partial charge in [0.15, 0.2) is 16.8 Å². The van der Waals surface area contributed by atoms with E-state index < -0.39 is 5.82 Å². The van der Waals surface area contributed by atoms with E-state index in [1.807, 2.05) is 6.20 Å². The van der Waals surface area contributed by atoms with Gasteiger partial charge in [-0.05, 0) is 13.8 Å². The third kappa shape index (κ3) is 3.62. The van der Waals surface area contributed by atoms with Crippen LogP contribution < -0.4 is 10.2 Å². The molecule has 0 saturated carbocycles. The number of fused-ring (bicyclic) bond motifs is 3. The van der Waals surface area contributed by atoms with Crippen LogP contribution in [0.1, 0.15) is 18.7 Å².